The summed E-state index contributed by atoms with van der Waals surface area (Å²) in [6, 6.07) is 75.9. The van der Waals surface area contributed by atoms with Gasteiger partial charge in [-0.2, -0.15) is 0 Å². The second-order valence-corrected chi connectivity index (χ2v) is 15.8. The molecule has 61 heavy (non-hydrogen) atoms. The molecule has 0 spiro atoms. The quantitative estimate of drug-likeness (QED) is 0.175. The Bertz CT molecular complexity index is 3850. The van der Waals surface area contributed by atoms with Crippen LogP contribution in [0.25, 0.3) is 116 Å². The lowest BCUT2D eigenvalue weighted by Crippen LogP contribution is -2.03. The number of aromatic nitrogens is 5. The molecule has 0 bridgehead atoms. The maximum atomic E-state index is 5.52. The summed E-state index contributed by atoms with van der Waals surface area (Å²) in [5.74, 6) is 0.647. The predicted molar refractivity (Wildman–Crippen MR) is 253 cm³/mol. The molecule has 4 heterocycles. The highest BCUT2D eigenvalue weighted by Gasteiger charge is 2.23. The highest BCUT2D eigenvalue weighted by Crippen LogP contribution is 2.42. The van der Waals surface area contributed by atoms with Gasteiger partial charge < -0.3 is 9.13 Å². The van der Waals surface area contributed by atoms with Gasteiger partial charge in [0.1, 0.15) is 0 Å². The normalized spacial score (nSPS) is 11.9. The van der Waals surface area contributed by atoms with Gasteiger partial charge in [-0.1, -0.05) is 146 Å². The Hall–Kier alpha value is -8.28. The monoisotopic (exact) mass is 777 g/mol. The Morgan fingerprint density at radius 2 is 0.787 bits per heavy atom. The van der Waals surface area contributed by atoms with Gasteiger partial charge in [0, 0.05) is 54.6 Å². The van der Waals surface area contributed by atoms with Gasteiger partial charge in [0.15, 0.2) is 0 Å². The molecule has 0 fully saturated rings. The average Bonchev–Trinajstić information content (AvgIpc) is 3.97. The number of para-hydroxylation sites is 6. The first-order chi connectivity index (χ1) is 30.3. The van der Waals surface area contributed by atoms with E-state index in [1.54, 1.807) is 0 Å². The molecule has 9 aromatic carbocycles. The molecule has 0 radical (unpaired) electrons. The Morgan fingerprint density at radius 1 is 0.295 bits per heavy atom. The molecule has 13 aromatic rings. The van der Waals surface area contributed by atoms with Crippen LogP contribution in [0.1, 0.15) is 0 Å². The maximum absolute atomic E-state index is 5.52. The van der Waals surface area contributed by atoms with Crippen molar-refractivity contribution in [2.45, 2.75) is 0 Å². The highest BCUT2D eigenvalue weighted by molar-refractivity contribution is 6.26. The third kappa shape index (κ3) is 5.01. The summed E-state index contributed by atoms with van der Waals surface area (Å²) in [6.45, 7) is 0. The van der Waals surface area contributed by atoms with Crippen molar-refractivity contribution in [1.29, 1.82) is 0 Å². The van der Waals surface area contributed by atoms with Gasteiger partial charge in [0.2, 0.25) is 5.95 Å². The summed E-state index contributed by atoms with van der Waals surface area (Å²) in [6.07, 6.45) is 0. The summed E-state index contributed by atoms with van der Waals surface area (Å²) >= 11 is 0. The van der Waals surface area contributed by atoms with Gasteiger partial charge in [-0.15, -0.1) is 0 Å². The minimum absolute atomic E-state index is 0.647. The molecule has 0 aliphatic heterocycles. The first-order valence-corrected chi connectivity index (χ1v) is 20.8. The second kappa shape index (κ2) is 13.1. The molecule has 4 aromatic heterocycles. The Balaban J connectivity index is 1.00. The molecule has 284 valence electrons. The van der Waals surface area contributed by atoms with Crippen molar-refractivity contribution in [2.75, 3.05) is 0 Å². The molecule has 5 nitrogen and oxygen atoms in total. The van der Waals surface area contributed by atoms with E-state index in [1.807, 2.05) is 0 Å². The largest absolute Gasteiger partial charge is 0.309 e. The van der Waals surface area contributed by atoms with Crippen LogP contribution in [0, 0.1) is 0 Å². The van der Waals surface area contributed by atoms with Crippen molar-refractivity contribution in [2.24, 2.45) is 0 Å². The van der Waals surface area contributed by atoms with Crippen molar-refractivity contribution in [1.82, 2.24) is 23.7 Å². The number of benzene rings is 9. The molecule has 0 atom stereocenters. The van der Waals surface area contributed by atoms with Gasteiger partial charge in [-0.3, -0.25) is 4.57 Å². The molecule has 0 saturated heterocycles. The van der Waals surface area contributed by atoms with Gasteiger partial charge in [0.05, 0.1) is 44.3 Å². The number of fused-ring (bicyclic) bond motifs is 11. The smallest absolute Gasteiger partial charge is 0.235 e. The van der Waals surface area contributed by atoms with Crippen molar-refractivity contribution in [3.05, 3.63) is 212 Å². The molecule has 0 saturated carbocycles. The first-order valence-electron chi connectivity index (χ1n) is 20.8. The summed E-state index contributed by atoms with van der Waals surface area (Å²) in [5, 5.41) is 8.20. The predicted octanol–water partition coefficient (Wildman–Crippen LogP) is 14.3. The third-order valence-corrected chi connectivity index (χ3v) is 12.5. The molecular weight excluding hydrogens is 743 g/mol. The van der Waals surface area contributed by atoms with E-state index in [2.05, 4.69) is 226 Å². The minimum Gasteiger partial charge on any atom is -0.309 e. The number of hydrogen-bond acceptors (Lipinski definition) is 2. The number of nitrogens with zero attached hydrogens (tertiary/aromatic N) is 5. The molecule has 0 aliphatic carbocycles. The summed E-state index contributed by atoms with van der Waals surface area (Å²) in [5.41, 5.74) is 14.3. The molecule has 0 amide bonds. The van der Waals surface area contributed by atoms with Crippen LogP contribution in [-0.4, -0.2) is 23.7 Å². The van der Waals surface area contributed by atoms with E-state index in [0.717, 1.165) is 61.2 Å². The molecule has 13 rings (SSSR count). The lowest BCUT2D eigenvalue weighted by atomic mass is 9.99. The van der Waals surface area contributed by atoms with Crippen LogP contribution in [0.3, 0.4) is 0 Å². The van der Waals surface area contributed by atoms with Gasteiger partial charge in [-0.25, -0.2) is 9.97 Å². The van der Waals surface area contributed by atoms with Crippen LogP contribution < -0.4 is 0 Å². The summed E-state index contributed by atoms with van der Waals surface area (Å²) in [7, 11) is 0. The first kappa shape index (κ1) is 33.7. The second-order valence-electron chi connectivity index (χ2n) is 15.8. The molecular formula is C56H35N5. The maximum Gasteiger partial charge on any atom is 0.235 e. The lowest BCUT2D eigenvalue weighted by Gasteiger charge is -2.13. The zero-order valence-corrected chi connectivity index (χ0v) is 32.9. The molecule has 5 heteroatoms. The Labute approximate surface area is 350 Å². The SMILES string of the molecule is c1ccc(-n2c3ccccc3c3cc(-c4ccc(-c5nc(-n6c7ccccc7c7ccc8c(c9ccccc9n8-c8ccccc8)c76)nc6ccccc56)cc4)ccc32)cc1. The van der Waals surface area contributed by atoms with Crippen LogP contribution in [0.2, 0.25) is 0 Å². The fraction of sp³-hybridized carbons (Fsp3) is 0. The summed E-state index contributed by atoms with van der Waals surface area (Å²) in [4.78, 5) is 10.9. The summed E-state index contributed by atoms with van der Waals surface area (Å²) < 4.78 is 7.03. The minimum atomic E-state index is 0.647. The van der Waals surface area contributed by atoms with E-state index in [9.17, 15) is 0 Å². The number of hydrogen-bond donors (Lipinski definition) is 0. The number of rotatable bonds is 5. The van der Waals surface area contributed by atoms with Crippen LogP contribution in [0.4, 0.5) is 0 Å². The van der Waals surface area contributed by atoms with Gasteiger partial charge in [-0.05, 0) is 77.9 Å². The van der Waals surface area contributed by atoms with E-state index >= 15 is 0 Å². The molecule has 0 aliphatic rings. The molecule has 0 N–H and O–H groups in total. The Kier molecular flexibility index (Phi) is 7.24. The van der Waals surface area contributed by atoms with E-state index in [4.69, 9.17) is 9.97 Å². The fourth-order valence-corrected chi connectivity index (χ4v) is 9.78. The van der Waals surface area contributed by atoms with Gasteiger partial charge >= 0.3 is 0 Å². The van der Waals surface area contributed by atoms with E-state index < -0.39 is 0 Å². The van der Waals surface area contributed by atoms with Crippen molar-refractivity contribution in [3.8, 4) is 39.7 Å². The van der Waals surface area contributed by atoms with E-state index in [1.165, 1.54) is 48.9 Å². The zero-order chi connectivity index (χ0) is 40.0. The fourth-order valence-electron chi connectivity index (χ4n) is 9.78. The standard InChI is InChI=1S/C56H35N5/c1-3-15-39(16-4-1)59-48-24-12-9-20-42(48)46-35-38(31-33-51(46)59)36-27-29-37(30-28-36)54-44-21-7-11-23-47(44)57-56(58-54)61-49-25-13-8-19-41(49)43-32-34-52-53(55(43)61)45-22-10-14-26-50(45)60(52)40-17-5-2-6-18-40/h1-35H. The lowest BCUT2D eigenvalue weighted by molar-refractivity contribution is 1.02. The van der Waals surface area contributed by atoms with Crippen LogP contribution >= 0.6 is 0 Å². The highest BCUT2D eigenvalue weighted by atomic mass is 15.2. The van der Waals surface area contributed by atoms with Crippen molar-refractivity contribution >= 4 is 76.3 Å². The van der Waals surface area contributed by atoms with E-state index in [0.29, 0.717) is 5.95 Å². The Morgan fingerprint density at radius 3 is 1.49 bits per heavy atom. The van der Waals surface area contributed by atoms with Crippen LogP contribution in [0.5, 0.6) is 0 Å². The van der Waals surface area contributed by atoms with Crippen LogP contribution in [0.15, 0.2) is 212 Å². The van der Waals surface area contributed by atoms with Crippen molar-refractivity contribution < 1.29 is 0 Å². The van der Waals surface area contributed by atoms with E-state index in [-0.39, 0.29) is 0 Å². The van der Waals surface area contributed by atoms with Crippen molar-refractivity contribution in [3.63, 3.8) is 0 Å². The average molecular weight is 778 g/mol. The topological polar surface area (TPSA) is 40.6 Å². The van der Waals surface area contributed by atoms with Gasteiger partial charge in [0.25, 0.3) is 0 Å². The third-order valence-electron chi connectivity index (χ3n) is 12.5. The zero-order valence-electron chi connectivity index (χ0n) is 32.9. The molecule has 0 unspecified atom stereocenters. The van der Waals surface area contributed by atoms with Crippen LogP contribution in [-0.2, 0) is 0 Å².